The van der Waals surface area contributed by atoms with E-state index in [0.717, 1.165) is 0 Å². The molecule has 23 heavy (non-hydrogen) atoms. The Balaban J connectivity index is 2.27. The number of ether oxygens (including phenoxy) is 3. The third-order valence-electron chi connectivity index (χ3n) is 3.62. The number of esters is 1. The molecule has 0 aromatic heterocycles. The number of hydrogen-bond donors (Lipinski definition) is 7. The van der Waals surface area contributed by atoms with Crippen molar-refractivity contribution in [3.63, 3.8) is 0 Å². The molecule has 0 radical (unpaired) electrons. The number of carbonyl (C=O) groups is 1. The SMILES string of the molecule is O=C1OC(C(O)CO)C(O)=C1O[C@]1(CO)OC[C@@H](O)[C@@H](O)[C@@H]1O. The van der Waals surface area contributed by atoms with Crippen LogP contribution in [0.4, 0.5) is 0 Å². The van der Waals surface area contributed by atoms with E-state index in [1.54, 1.807) is 0 Å². The van der Waals surface area contributed by atoms with E-state index >= 15 is 0 Å². The van der Waals surface area contributed by atoms with E-state index in [9.17, 15) is 35.4 Å². The first-order chi connectivity index (χ1) is 10.8. The minimum atomic E-state index is -2.33. The fraction of sp³-hybridized carbons (Fsp3) is 0.750. The summed E-state index contributed by atoms with van der Waals surface area (Å²) in [5.41, 5.74) is 0. The van der Waals surface area contributed by atoms with E-state index in [4.69, 9.17) is 14.6 Å². The molecule has 2 aliphatic rings. The molecule has 0 aromatic carbocycles. The van der Waals surface area contributed by atoms with E-state index in [2.05, 4.69) is 4.74 Å². The van der Waals surface area contributed by atoms with Crippen LogP contribution in [0.5, 0.6) is 0 Å². The van der Waals surface area contributed by atoms with Crippen molar-refractivity contribution in [2.45, 2.75) is 36.3 Å². The van der Waals surface area contributed by atoms with Crippen LogP contribution in [0, 0.1) is 0 Å². The Morgan fingerprint density at radius 1 is 1.30 bits per heavy atom. The van der Waals surface area contributed by atoms with Crippen molar-refractivity contribution in [2.24, 2.45) is 0 Å². The Hall–Kier alpha value is -1.47. The first-order valence-electron chi connectivity index (χ1n) is 6.68. The summed E-state index contributed by atoms with van der Waals surface area (Å²) in [4.78, 5) is 11.7. The molecule has 2 rings (SSSR count). The molecule has 2 unspecified atom stereocenters. The lowest BCUT2D eigenvalue weighted by Gasteiger charge is -2.43. The summed E-state index contributed by atoms with van der Waals surface area (Å²) < 4.78 is 14.7. The van der Waals surface area contributed by atoms with Crippen molar-refractivity contribution in [1.29, 1.82) is 0 Å². The van der Waals surface area contributed by atoms with Crippen molar-refractivity contribution in [3.05, 3.63) is 11.5 Å². The molecular weight excluding hydrogens is 320 g/mol. The van der Waals surface area contributed by atoms with Crippen molar-refractivity contribution >= 4 is 5.97 Å². The van der Waals surface area contributed by atoms with Crippen LogP contribution in [0.3, 0.4) is 0 Å². The van der Waals surface area contributed by atoms with Gasteiger partial charge >= 0.3 is 5.97 Å². The maximum atomic E-state index is 11.7. The number of cyclic esters (lactones) is 1. The zero-order valence-electron chi connectivity index (χ0n) is 11.8. The van der Waals surface area contributed by atoms with Crippen molar-refractivity contribution in [1.82, 2.24) is 0 Å². The lowest BCUT2D eigenvalue weighted by atomic mass is 9.97. The Bertz CT molecular complexity index is 491. The van der Waals surface area contributed by atoms with Gasteiger partial charge in [0.2, 0.25) is 5.76 Å². The Morgan fingerprint density at radius 2 is 1.96 bits per heavy atom. The van der Waals surface area contributed by atoms with Gasteiger partial charge in [-0.05, 0) is 0 Å². The molecule has 0 bridgehead atoms. The van der Waals surface area contributed by atoms with Gasteiger partial charge in [-0.2, -0.15) is 0 Å². The van der Waals surface area contributed by atoms with Gasteiger partial charge in [0, 0.05) is 0 Å². The van der Waals surface area contributed by atoms with Gasteiger partial charge in [0.1, 0.15) is 31.0 Å². The smallest absolute Gasteiger partial charge is 0.378 e. The fourth-order valence-electron chi connectivity index (χ4n) is 2.22. The molecule has 6 atom stereocenters. The van der Waals surface area contributed by atoms with Crippen molar-refractivity contribution < 1.29 is 54.8 Å². The Labute approximate surface area is 129 Å². The molecule has 1 fully saturated rings. The van der Waals surface area contributed by atoms with Crippen LogP contribution in [0.15, 0.2) is 11.5 Å². The van der Waals surface area contributed by atoms with Crippen LogP contribution in [-0.2, 0) is 19.0 Å². The number of aliphatic hydroxyl groups is 7. The van der Waals surface area contributed by atoms with Gasteiger partial charge in [0.15, 0.2) is 11.9 Å². The fourth-order valence-corrected chi connectivity index (χ4v) is 2.22. The van der Waals surface area contributed by atoms with Gasteiger partial charge in [0.25, 0.3) is 5.79 Å². The lowest BCUT2D eigenvalue weighted by Crippen LogP contribution is -2.63. The molecule has 0 amide bonds. The van der Waals surface area contributed by atoms with Gasteiger partial charge in [-0.3, -0.25) is 0 Å². The average Bonchev–Trinajstić information content (AvgIpc) is 2.82. The highest BCUT2D eigenvalue weighted by atomic mass is 16.7. The molecule has 132 valence electrons. The second-order valence-electron chi connectivity index (χ2n) is 5.18. The van der Waals surface area contributed by atoms with E-state index in [1.165, 1.54) is 0 Å². The zero-order chi connectivity index (χ0) is 17.4. The van der Waals surface area contributed by atoms with Gasteiger partial charge in [-0.25, -0.2) is 4.79 Å². The Kier molecular flexibility index (Phi) is 5.10. The van der Waals surface area contributed by atoms with Crippen LogP contribution < -0.4 is 0 Å². The number of rotatable bonds is 5. The van der Waals surface area contributed by atoms with Gasteiger partial charge in [-0.15, -0.1) is 0 Å². The highest BCUT2D eigenvalue weighted by molar-refractivity contribution is 5.89. The summed E-state index contributed by atoms with van der Waals surface area (Å²) in [5, 5.41) is 66.6. The molecule has 1 saturated heterocycles. The molecule has 2 heterocycles. The van der Waals surface area contributed by atoms with Crippen LogP contribution in [0.2, 0.25) is 0 Å². The first kappa shape index (κ1) is 17.9. The number of aliphatic hydroxyl groups excluding tert-OH is 7. The first-order valence-corrected chi connectivity index (χ1v) is 6.68. The minimum Gasteiger partial charge on any atom is -0.505 e. The molecule has 0 saturated carbocycles. The molecule has 11 heteroatoms. The number of hydrogen-bond acceptors (Lipinski definition) is 11. The minimum absolute atomic E-state index is 0.523. The summed E-state index contributed by atoms with van der Waals surface area (Å²) in [5.74, 6) is -5.30. The second-order valence-corrected chi connectivity index (χ2v) is 5.18. The predicted octanol–water partition coefficient (Wildman–Crippen LogP) is -4.15. The second kappa shape index (κ2) is 6.57. The summed E-state index contributed by atoms with van der Waals surface area (Å²) in [7, 11) is 0. The topological polar surface area (TPSA) is 186 Å². The Morgan fingerprint density at radius 3 is 2.52 bits per heavy atom. The van der Waals surface area contributed by atoms with Gasteiger partial charge < -0.3 is 50.0 Å². The average molecular weight is 338 g/mol. The number of carbonyl (C=O) groups excluding carboxylic acids is 1. The van der Waals surface area contributed by atoms with E-state index < -0.39 is 73.6 Å². The maximum Gasteiger partial charge on any atom is 0.378 e. The van der Waals surface area contributed by atoms with Gasteiger partial charge in [0.05, 0.1) is 13.2 Å². The van der Waals surface area contributed by atoms with E-state index in [0.29, 0.717) is 0 Å². The molecule has 0 spiro atoms. The van der Waals surface area contributed by atoms with Gasteiger partial charge in [-0.1, -0.05) is 0 Å². The molecular formula is C12H18O11. The maximum absolute atomic E-state index is 11.7. The van der Waals surface area contributed by atoms with E-state index in [-0.39, 0.29) is 0 Å². The van der Waals surface area contributed by atoms with Crippen LogP contribution in [0.25, 0.3) is 0 Å². The lowest BCUT2D eigenvalue weighted by molar-refractivity contribution is -0.336. The third kappa shape index (κ3) is 2.99. The summed E-state index contributed by atoms with van der Waals surface area (Å²) >= 11 is 0. The zero-order valence-corrected chi connectivity index (χ0v) is 11.8. The third-order valence-corrected chi connectivity index (χ3v) is 3.62. The molecule has 0 aliphatic carbocycles. The predicted molar refractivity (Wildman–Crippen MR) is 67.5 cm³/mol. The van der Waals surface area contributed by atoms with E-state index in [1.807, 2.05) is 0 Å². The van der Waals surface area contributed by atoms with Crippen molar-refractivity contribution in [3.8, 4) is 0 Å². The standard InChI is InChI=1S/C12H18O11/c13-1-4(15)8-7(18)9(11(20)22-8)23-12(3-14)10(19)6(17)5(16)2-21-12/h4-6,8,10,13-19H,1-3H2/t4?,5-,6-,8?,10+,12+/m1/s1. The highest BCUT2D eigenvalue weighted by Gasteiger charge is 2.54. The normalized spacial score (nSPS) is 39.3. The largest absolute Gasteiger partial charge is 0.505 e. The highest BCUT2D eigenvalue weighted by Crippen LogP contribution is 2.33. The molecule has 2 aliphatic heterocycles. The van der Waals surface area contributed by atoms with Crippen LogP contribution >= 0.6 is 0 Å². The summed E-state index contributed by atoms with van der Waals surface area (Å²) in [6.07, 6.45) is -8.35. The van der Waals surface area contributed by atoms with Crippen molar-refractivity contribution in [2.75, 3.05) is 19.8 Å². The molecule has 7 N–H and O–H groups in total. The molecule has 11 nitrogen and oxygen atoms in total. The van der Waals surface area contributed by atoms with Crippen LogP contribution in [0.1, 0.15) is 0 Å². The summed E-state index contributed by atoms with van der Waals surface area (Å²) in [6, 6.07) is 0. The monoisotopic (exact) mass is 338 g/mol. The van der Waals surface area contributed by atoms with Crippen LogP contribution in [-0.4, -0.2) is 97.8 Å². The quantitative estimate of drug-likeness (QED) is 0.241. The summed E-state index contributed by atoms with van der Waals surface area (Å²) in [6.45, 7) is -2.37. The molecule has 0 aromatic rings.